The molecule has 0 radical (unpaired) electrons. The molecule has 8 heteroatoms. The van der Waals surface area contributed by atoms with Gasteiger partial charge >= 0.3 is 0 Å². The molecule has 0 spiro atoms. The first-order valence-corrected chi connectivity index (χ1v) is 8.90. The van der Waals surface area contributed by atoms with Crippen LogP contribution in [-0.4, -0.2) is 48.6 Å². The molecule has 28 heavy (non-hydrogen) atoms. The summed E-state index contributed by atoms with van der Waals surface area (Å²) in [6.45, 7) is 4.83. The Hall–Kier alpha value is -3.29. The molecule has 150 valence electrons. The third-order valence-corrected chi connectivity index (χ3v) is 4.38. The summed E-state index contributed by atoms with van der Waals surface area (Å²) in [6.07, 6.45) is 1.46. The highest BCUT2D eigenvalue weighted by Crippen LogP contribution is 2.28. The quantitative estimate of drug-likeness (QED) is 0.786. The van der Waals surface area contributed by atoms with Crippen molar-refractivity contribution in [3.05, 3.63) is 51.9 Å². The summed E-state index contributed by atoms with van der Waals surface area (Å²) in [4.78, 5) is 39.6. The monoisotopic (exact) mass is 387 g/mol. The average Bonchev–Trinajstić information content (AvgIpc) is 2.71. The summed E-state index contributed by atoms with van der Waals surface area (Å²) in [5.41, 5.74) is 0.0416. The van der Waals surface area contributed by atoms with E-state index in [1.54, 1.807) is 23.1 Å². The summed E-state index contributed by atoms with van der Waals surface area (Å²) < 4.78 is 11.7. The van der Waals surface area contributed by atoms with Crippen LogP contribution in [0.4, 0.5) is 5.69 Å². The molecule has 0 aliphatic heterocycles. The van der Waals surface area contributed by atoms with Crippen LogP contribution in [0, 0.1) is 0 Å². The molecule has 1 heterocycles. The van der Waals surface area contributed by atoms with Crippen molar-refractivity contribution in [3.8, 4) is 11.5 Å². The molecule has 0 saturated heterocycles. The molecule has 0 aliphatic rings. The van der Waals surface area contributed by atoms with Crippen LogP contribution in [0.5, 0.6) is 11.5 Å². The average molecular weight is 387 g/mol. The van der Waals surface area contributed by atoms with Crippen LogP contribution in [0.1, 0.15) is 34.6 Å². The standard InChI is InChI=1S/C20H25N3O5/c1-6-23(7-2)19(25)13-11-14(20(26)22(3)12-13)21-18(24)17-15(27-4)9-8-10-16(17)28-5/h8-12H,6-7H2,1-5H3,(H,21,24). The number of benzene rings is 1. The fourth-order valence-electron chi connectivity index (χ4n) is 2.87. The van der Waals surface area contributed by atoms with Gasteiger partial charge in [0.25, 0.3) is 17.4 Å². The zero-order chi connectivity index (χ0) is 20.8. The number of nitrogens with one attached hydrogen (secondary N) is 1. The first-order chi connectivity index (χ1) is 13.4. The van der Waals surface area contributed by atoms with Crippen molar-refractivity contribution in [2.24, 2.45) is 7.05 Å². The summed E-state index contributed by atoms with van der Waals surface area (Å²) in [7, 11) is 4.41. The number of carbonyl (C=O) groups is 2. The number of rotatable bonds is 7. The Morgan fingerprint density at radius 2 is 1.68 bits per heavy atom. The first-order valence-electron chi connectivity index (χ1n) is 8.90. The molecule has 0 bridgehead atoms. The fourth-order valence-corrected chi connectivity index (χ4v) is 2.87. The normalized spacial score (nSPS) is 10.3. The topological polar surface area (TPSA) is 89.9 Å². The lowest BCUT2D eigenvalue weighted by atomic mass is 10.1. The van der Waals surface area contributed by atoms with Gasteiger partial charge in [-0.05, 0) is 32.0 Å². The zero-order valence-electron chi connectivity index (χ0n) is 16.7. The summed E-state index contributed by atoms with van der Waals surface area (Å²) in [5.74, 6) is -0.169. The maximum absolute atomic E-state index is 12.8. The van der Waals surface area contributed by atoms with Gasteiger partial charge in [0.15, 0.2) is 0 Å². The molecule has 0 fully saturated rings. The Balaban J connectivity index is 2.46. The van der Waals surface area contributed by atoms with Gasteiger partial charge in [0.05, 0.1) is 19.8 Å². The Morgan fingerprint density at radius 3 is 2.18 bits per heavy atom. The number of hydrogen-bond donors (Lipinski definition) is 1. The molecule has 1 N–H and O–H groups in total. The Kier molecular flexibility index (Phi) is 6.81. The minimum atomic E-state index is -0.571. The number of pyridine rings is 1. The second-order valence-electron chi connectivity index (χ2n) is 6.03. The van der Waals surface area contributed by atoms with Gasteiger partial charge in [-0.3, -0.25) is 14.4 Å². The van der Waals surface area contributed by atoms with Crippen molar-refractivity contribution in [1.29, 1.82) is 0 Å². The maximum Gasteiger partial charge on any atom is 0.274 e. The summed E-state index contributed by atoms with van der Waals surface area (Å²) in [5, 5.41) is 2.58. The smallest absolute Gasteiger partial charge is 0.274 e. The van der Waals surface area contributed by atoms with Gasteiger partial charge in [0, 0.05) is 26.3 Å². The highest BCUT2D eigenvalue weighted by atomic mass is 16.5. The third kappa shape index (κ3) is 4.16. The molecule has 0 unspecified atom stereocenters. The van der Waals surface area contributed by atoms with Crippen LogP contribution in [0.2, 0.25) is 0 Å². The van der Waals surface area contributed by atoms with Gasteiger partial charge in [-0.25, -0.2) is 0 Å². The predicted molar refractivity (Wildman–Crippen MR) is 106 cm³/mol. The van der Waals surface area contributed by atoms with E-state index in [4.69, 9.17) is 9.47 Å². The van der Waals surface area contributed by atoms with E-state index >= 15 is 0 Å². The lowest BCUT2D eigenvalue weighted by molar-refractivity contribution is 0.0771. The fraction of sp³-hybridized carbons (Fsp3) is 0.350. The van der Waals surface area contributed by atoms with Crippen molar-refractivity contribution in [2.75, 3.05) is 32.6 Å². The van der Waals surface area contributed by atoms with E-state index < -0.39 is 11.5 Å². The molecule has 0 atom stereocenters. The van der Waals surface area contributed by atoms with Crippen molar-refractivity contribution < 1.29 is 19.1 Å². The number of anilines is 1. The lowest BCUT2D eigenvalue weighted by Crippen LogP contribution is -2.32. The molecule has 1 aromatic heterocycles. The molecule has 2 amide bonds. The predicted octanol–water partition coefficient (Wildman–Crippen LogP) is 2.14. The first kappa shape index (κ1) is 21.0. The van der Waals surface area contributed by atoms with E-state index in [0.717, 1.165) is 0 Å². The maximum atomic E-state index is 12.8. The van der Waals surface area contributed by atoms with Crippen molar-refractivity contribution >= 4 is 17.5 Å². The molecular formula is C20H25N3O5. The van der Waals surface area contributed by atoms with E-state index in [9.17, 15) is 14.4 Å². The lowest BCUT2D eigenvalue weighted by Gasteiger charge is -2.19. The SMILES string of the molecule is CCN(CC)C(=O)c1cc(NC(=O)c2c(OC)cccc2OC)c(=O)n(C)c1. The number of amides is 2. The number of aryl methyl sites for hydroxylation is 1. The number of hydrogen-bond acceptors (Lipinski definition) is 5. The number of aromatic nitrogens is 1. The van der Waals surface area contributed by atoms with E-state index in [0.29, 0.717) is 30.2 Å². The molecule has 0 aliphatic carbocycles. The van der Waals surface area contributed by atoms with Crippen molar-refractivity contribution in [3.63, 3.8) is 0 Å². The molecular weight excluding hydrogens is 362 g/mol. The number of ether oxygens (including phenoxy) is 2. The van der Waals surface area contributed by atoms with E-state index in [2.05, 4.69) is 5.32 Å². The molecule has 0 saturated carbocycles. The van der Waals surface area contributed by atoms with Crippen LogP contribution in [-0.2, 0) is 7.05 Å². The Morgan fingerprint density at radius 1 is 1.11 bits per heavy atom. The molecule has 8 nitrogen and oxygen atoms in total. The second-order valence-corrected chi connectivity index (χ2v) is 6.03. The highest BCUT2D eigenvalue weighted by Gasteiger charge is 2.21. The van der Waals surface area contributed by atoms with E-state index in [1.165, 1.54) is 38.1 Å². The van der Waals surface area contributed by atoms with Gasteiger partial charge in [0.1, 0.15) is 22.7 Å². The van der Waals surface area contributed by atoms with Gasteiger partial charge in [-0.15, -0.1) is 0 Å². The van der Waals surface area contributed by atoms with Crippen molar-refractivity contribution in [2.45, 2.75) is 13.8 Å². The number of nitrogens with zero attached hydrogens (tertiary/aromatic N) is 2. The third-order valence-electron chi connectivity index (χ3n) is 4.38. The van der Waals surface area contributed by atoms with Crippen molar-refractivity contribution in [1.82, 2.24) is 9.47 Å². The van der Waals surface area contributed by atoms with Crippen LogP contribution >= 0.6 is 0 Å². The van der Waals surface area contributed by atoms with Crippen LogP contribution < -0.4 is 20.3 Å². The van der Waals surface area contributed by atoms with Gasteiger partial charge < -0.3 is 24.3 Å². The second kappa shape index (κ2) is 9.07. The van der Waals surface area contributed by atoms with Gasteiger partial charge in [-0.1, -0.05) is 6.07 Å². The summed E-state index contributed by atoms with van der Waals surface area (Å²) in [6, 6.07) is 6.32. The van der Waals surface area contributed by atoms with Crippen LogP contribution in [0.3, 0.4) is 0 Å². The molecule has 2 aromatic rings. The zero-order valence-corrected chi connectivity index (χ0v) is 16.7. The molecule has 1 aromatic carbocycles. The minimum absolute atomic E-state index is 0.00142. The highest BCUT2D eigenvalue weighted by molar-refractivity contribution is 6.08. The minimum Gasteiger partial charge on any atom is -0.496 e. The summed E-state index contributed by atoms with van der Waals surface area (Å²) >= 11 is 0. The van der Waals surface area contributed by atoms with Crippen LogP contribution in [0.15, 0.2) is 35.3 Å². The Labute approximate surface area is 163 Å². The number of carbonyl (C=O) groups excluding carboxylic acids is 2. The molecule has 2 rings (SSSR count). The van der Waals surface area contributed by atoms with Crippen LogP contribution in [0.25, 0.3) is 0 Å². The Bertz CT molecular complexity index is 910. The van der Waals surface area contributed by atoms with E-state index in [1.807, 2.05) is 13.8 Å². The van der Waals surface area contributed by atoms with Gasteiger partial charge in [0.2, 0.25) is 0 Å². The van der Waals surface area contributed by atoms with Gasteiger partial charge in [-0.2, -0.15) is 0 Å². The largest absolute Gasteiger partial charge is 0.496 e. The number of methoxy groups -OCH3 is 2. The van der Waals surface area contributed by atoms with E-state index in [-0.39, 0.29) is 17.2 Å².